The Morgan fingerprint density at radius 1 is 0.939 bits per heavy atom. The molecule has 1 saturated heterocycles. The van der Waals surface area contributed by atoms with E-state index in [4.69, 9.17) is 23.2 Å². The van der Waals surface area contributed by atoms with E-state index < -0.39 is 0 Å². The number of benzene rings is 2. The quantitative estimate of drug-likeness (QED) is 0.383. The van der Waals surface area contributed by atoms with Gasteiger partial charge in [0.15, 0.2) is 0 Å². The molecule has 0 spiro atoms. The maximum Gasteiger partial charge on any atom is 0.268 e. The topological polar surface area (TPSA) is 50.2 Å². The minimum Gasteiger partial charge on any atom is -0.371 e. The molecule has 1 aliphatic rings. The molecule has 2 aromatic carbocycles. The van der Waals surface area contributed by atoms with Crippen LogP contribution >= 0.6 is 23.2 Å². The van der Waals surface area contributed by atoms with Gasteiger partial charge in [0.05, 0.1) is 5.52 Å². The smallest absolute Gasteiger partial charge is 0.268 e. The lowest BCUT2D eigenvalue weighted by Gasteiger charge is -2.33. The summed E-state index contributed by atoms with van der Waals surface area (Å²) < 4.78 is 1.93. The molecule has 0 radical (unpaired) electrons. The highest BCUT2D eigenvalue weighted by atomic mass is 35.5. The first-order valence-electron chi connectivity index (χ1n) is 11.1. The summed E-state index contributed by atoms with van der Waals surface area (Å²) >= 11 is 12.5. The first kappa shape index (κ1) is 21.8. The SMILES string of the molecule is O=C(NCC1CCN(c2ccncc2)CC1)c1cc2ccccc2n1-c1cc(Cl)cc(Cl)c1. The molecular weight excluding hydrogens is 455 g/mol. The van der Waals surface area contributed by atoms with Crippen LogP contribution in [0, 0.1) is 5.92 Å². The Hall–Kier alpha value is -3.02. The van der Waals surface area contributed by atoms with Crippen LogP contribution in [0.2, 0.25) is 10.0 Å². The summed E-state index contributed by atoms with van der Waals surface area (Å²) in [7, 11) is 0. The molecule has 1 fully saturated rings. The van der Waals surface area contributed by atoms with Crippen LogP contribution in [0.1, 0.15) is 23.3 Å². The van der Waals surface area contributed by atoms with Crippen LogP contribution in [-0.2, 0) is 0 Å². The molecule has 0 bridgehead atoms. The van der Waals surface area contributed by atoms with Gasteiger partial charge < -0.3 is 14.8 Å². The van der Waals surface area contributed by atoms with Crippen molar-refractivity contribution in [3.05, 3.63) is 88.8 Å². The van der Waals surface area contributed by atoms with Crippen molar-refractivity contribution < 1.29 is 4.79 Å². The van der Waals surface area contributed by atoms with E-state index in [9.17, 15) is 4.79 Å². The predicted molar refractivity (Wildman–Crippen MR) is 135 cm³/mol. The van der Waals surface area contributed by atoms with Crippen LogP contribution in [0.5, 0.6) is 0 Å². The fourth-order valence-corrected chi connectivity index (χ4v) is 5.06. The summed E-state index contributed by atoms with van der Waals surface area (Å²) in [6, 6.07) is 19.3. The molecule has 0 aliphatic carbocycles. The minimum atomic E-state index is -0.0983. The number of aromatic nitrogens is 2. The molecule has 3 heterocycles. The molecule has 2 aromatic heterocycles. The molecule has 0 atom stereocenters. The number of amides is 1. The lowest BCUT2D eigenvalue weighted by atomic mass is 9.96. The number of hydrogen-bond acceptors (Lipinski definition) is 3. The van der Waals surface area contributed by atoms with Crippen LogP contribution in [0.25, 0.3) is 16.6 Å². The Morgan fingerprint density at radius 2 is 1.64 bits per heavy atom. The van der Waals surface area contributed by atoms with Crippen LogP contribution in [-0.4, -0.2) is 35.1 Å². The average molecular weight is 479 g/mol. The van der Waals surface area contributed by atoms with Gasteiger partial charge in [-0.2, -0.15) is 0 Å². The number of piperidine rings is 1. The van der Waals surface area contributed by atoms with Crippen molar-refractivity contribution in [1.29, 1.82) is 0 Å². The largest absolute Gasteiger partial charge is 0.371 e. The average Bonchev–Trinajstić information content (AvgIpc) is 3.23. The lowest BCUT2D eigenvalue weighted by molar-refractivity contribution is 0.0938. The number of nitrogens with one attached hydrogen (secondary N) is 1. The van der Waals surface area contributed by atoms with E-state index in [-0.39, 0.29) is 5.91 Å². The number of carbonyl (C=O) groups is 1. The number of para-hydroxylation sites is 1. The van der Waals surface area contributed by atoms with Gasteiger partial charge in [-0.1, -0.05) is 41.4 Å². The number of carbonyl (C=O) groups excluding carboxylic acids is 1. The van der Waals surface area contributed by atoms with Gasteiger partial charge in [-0.25, -0.2) is 0 Å². The maximum atomic E-state index is 13.3. The summed E-state index contributed by atoms with van der Waals surface area (Å²) in [5, 5.41) is 5.22. The molecule has 168 valence electrons. The van der Waals surface area contributed by atoms with E-state index in [1.807, 2.05) is 71.6 Å². The first-order valence-corrected chi connectivity index (χ1v) is 11.8. The van der Waals surface area contributed by atoms with Gasteiger partial charge in [-0.15, -0.1) is 0 Å². The Kier molecular flexibility index (Phi) is 6.25. The minimum absolute atomic E-state index is 0.0983. The van der Waals surface area contributed by atoms with E-state index in [1.165, 1.54) is 5.69 Å². The molecule has 5 nitrogen and oxygen atoms in total. The van der Waals surface area contributed by atoms with E-state index in [1.54, 1.807) is 6.07 Å². The zero-order valence-corrected chi connectivity index (χ0v) is 19.6. The van der Waals surface area contributed by atoms with Crippen molar-refractivity contribution >= 4 is 45.7 Å². The van der Waals surface area contributed by atoms with Crippen molar-refractivity contribution in [1.82, 2.24) is 14.9 Å². The first-order chi connectivity index (χ1) is 16.1. The molecular formula is C26H24Cl2N4O. The van der Waals surface area contributed by atoms with Crippen molar-refractivity contribution in [3.63, 3.8) is 0 Å². The lowest BCUT2D eigenvalue weighted by Crippen LogP contribution is -2.39. The molecule has 1 amide bonds. The summed E-state index contributed by atoms with van der Waals surface area (Å²) in [6.45, 7) is 2.61. The van der Waals surface area contributed by atoms with Crippen LogP contribution in [0.3, 0.4) is 0 Å². The third-order valence-electron chi connectivity index (χ3n) is 6.24. The normalized spacial score (nSPS) is 14.5. The van der Waals surface area contributed by atoms with Gasteiger partial charge in [0.2, 0.25) is 0 Å². The summed E-state index contributed by atoms with van der Waals surface area (Å²) in [6.07, 6.45) is 5.73. The summed E-state index contributed by atoms with van der Waals surface area (Å²) in [5.41, 5.74) is 3.48. The van der Waals surface area contributed by atoms with E-state index >= 15 is 0 Å². The third-order valence-corrected chi connectivity index (χ3v) is 6.68. The fraction of sp³-hybridized carbons (Fsp3) is 0.231. The molecule has 1 N–H and O–H groups in total. The van der Waals surface area contributed by atoms with E-state index in [0.29, 0.717) is 28.2 Å². The maximum absolute atomic E-state index is 13.3. The number of halogens is 2. The third kappa shape index (κ3) is 4.70. The number of nitrogens with zero attached hydrogens (tertiary/aromatic N) is 3. The highest BCUT2D eigenvalue weighted by Crippen LogP contribution is 2.29. The monoisotopic (exact) mass is 478 g/mol. The predicted octanol–water partition coefficient (Wildman–Crippen LogP) is 5.98. The number of anilines is 1. The molecule has 33 heavy (non-hydrogen) atoms. The number of rotatable bonds is 5. The van der Waals surface area contributed by atoms with Gasteiger partial charge in [0, 0.05) is 58.8 Å². The highest BCUT2D eigenvalue weighted by Gasteiger charge is 2.22. The molecule has 4 aromatic rings. The summed E-state index contributed by atoms with van der Waals surface area (Å²) in [5.74, 6) is 0.351. The van der Waals surface area contributed by atoms with Gasteiger partial charge in [-0.3, -0.25) is 9.78 Å². The van der Waals surface area contributed by atoms with Gasteiger partial charge >= 0.3 is 0 Å². The second-order valence-electron chi connectivity index (χ2n) is 8.40. The highest BCUT2D eigenvalue weighted by molar-refractivity contribution is 6.34. The molecule has 1 aliphatic heterocycles. The molecule has 0 unspecified atom stereocenters. The molecule has 0 saturated carbocycles. The van der Waals surface area contributed by atoms with Crippen molar-refractivity contribution in [2.24, 2.45) is 5.92 Å². The fourth-order valence-electron chi connectivity index (χ4n) is 4.55. The van der Waals surface area contributed by atoms with Crippen molar-refractivity contribution in [3.8, 4) is 5.69 Å². The van der Waals surface area contributed by atoms with Crippen molar-refractivity contribution in [2.75, 3.05) is 24.5 Å². The summed E-state index contributed by atoms with van der Waals surface area (Å²) in [4.78, 5) is 19.8. The van der Waals surface area contributed by atoms with Crippen LogP contribution in [0.15, 0.2) is 73.1 Å². The molecule has 7 heteroatoms. The van der Waals surface area contributed by atoms with E-state index in [2.05, 4.69) is 15.2 Å². The van der Waals surface area contributed by atoms with Gasteiger partial charge in [0.25, 0.3) is 5.91 Å². The number of pyridine rings is 1. The Balaban J connectivity index is 1.32. The van der Waals surface area contributed by atoms with Crippen LogP contribution in [0.4, 0.5) is 5.69 Å². The Morgan fingerprint density at radius 3 is 2.36 bits per heavy atom. The van der Waals surface area contributed by atoms with Crippen molar-refractivity contribution in [2.45, 2.75) is 12.8 Å². The second-order valence-corrected chi connectivity index (χ2v) is 9.27. The number of fused-ring (bicyclic) bond motifs is 1. The van der Waals surface area contributed by atoms with Crippen LogP contribution < -0.4 is 10.2 Å². The molecule has 5 rings (SSSR count). The van der Waals surface area contributed by atoms with Gasteiger partial charge in [-0.05, 0) is 61.2 Å². The van der Waals surface area contributed by atoms with E-state index in [0.717, 1.165) is 42.5 Å². The number of hydrogen-bond donors (Lipinski definition) is 1. The zero-order valence-electron chi connectivity index (χ0n) is 18.0. The van der Waals surface area contributed by atoms with Gasteiger partial charge in [0.1, 0.15) is 5.69 Å². The Bertz CT molecular complexity index is 1260. The Labute approximate surface area is 202 Å². The standard InChI is InChI=1S/C26H24Cl2N4O/c27-20-14-21(28)16-23(15-20)32-24-4-2-1-3-19(24)13-25(32)26(33)30-17-18-7-11-31(12-8-18)22-5-9-29-10-6-22/h1-6,9-10,13-16,18H,7-8,11-12,17H2,(H,30,33). The zero-order chi connectivity index (χ0) is 22.8. The second kappa shape index (κ2) is 9.46.